The van der Waals surface area contributed by atoms with Crippen molar-refractivity contribution in [1.29, 1.82) is 0 Å². The summed E-state index contributed by atoms with van der Waals surface area (Å²) in [5.74, 6) is 3.90. The molecule has 0 aromatic heterocycles. The van der Waals surface area contributed by atoms with Gasteiger partial charge in [0.15, 0.2) is 0 Å². The van der Waals surface area contributed by atoms with Gasteiger partial charge in [-0.15, -0.1) is 0 Å². The first-order valence-electron chi connectivity index (χ1n) is 11.0. The van der Waals surface area contributed by atoms with E-state index in [1.54, 1.807) is 7.05 Å². The maximum absolute atomic E-state index is 12.5. The molecule has 5 fully saturated rings. The molecule has 4 saturated carbocycles. The normalized spacial score (nSPS) is 39.4. The lowest BCUT2D eigenvalue weighted by molar-refractivity contribution is -0.125. The summed E-state index contributed by atoms with van der Waals surface area (Å²) in [5, 5.41) is 7.69. The molecule has 5 heteroatoms. The molecule has 1 saturated heterocycles. The van der Waals surface area contributed by atoms with Crippen LogP contribution < -0.4 is 10.6 Å². The molecule has 1 aromatic carbocycles. The highest BCUT2D eigenvalue weighted by atomic mass is 35.5. The van der Waals surface area contributed by atoms with Gasteiger partial charge in [-0.2, -0.15) is 0 Å². The lowest BCUT2D eigenvalue weighted by atomic mass is 9.54. The van der Waals surface area contributed by atoms with Crippen LogP contribution >= 0.6 is 11.6 Å². The number of carbonyl (C=O) groups is 1. The average Bonchev–Trinajstić information content (AvgIpc) is 3.07. The van der Waals surface area contributed by atoms with Crippen LogP contribution in [0.3, 0.4) is 0 Å². The van der Waals surface area contributed by atoms with E-state index in [9.17, 15) is 4.79 Å². The molecule has 6 rings (SSSR count). The van der Waals surface area contributed by atoms with Crippen LogP contribution in [0.1, 0.15) is 44.1 Å². The minimum atomic E-state index is -0.0463. The summed E-state index contributed by atoms with van der Waals surface area (Å²) in [5.41, 5.74) is 1.22. The SMILES string of the molecule is CNC(=O)[C@@H]1C[C@H](NC2C3CC4CC(C3)CC2C4)CN1Cc1ccc(Cl)cc1. The first kappa shape index (κ1) is 18.9. The zero-order valence-corrected chi connectivity index (χ0v) is 17.5. The second-order valence-electron chi connectivity index (χ2n) is 9.74. The number of hydrogen-bond acceptors (Lipinski definition) is 3. The zero-order chi connectivity index (χ0) is 19.3. The van der Waals surface area contributed by atoms with E-state index in [4.69, 9.17) is 11.6 Å². The predicted molar refractivity (Wildman–Crippen MR) is 112 cm³/mol. The summed E-state index contributed by atoms with van der Waals surface area (Å²) >= 11 is 6.03. The number of nitrogens with zero attached hydrogens (tertiary/aromatic N) is 1. The molecule has 1 aliphatic heterocycles. The predicted octanol–water partition coefficient (Wildman–Crippen LogP) is 3.44. The van der Waals surface area contributed by atoms with Crippen molar-refractivity contribution in [1.82, 2.24) is 15.5 Å². The van der Waals surface area contributed by atoms with Crippen molar-refractivity contribution in [2.45, 2.75) is 63.2 Å². The van der Waals surface area contributed by atoms with Crippen LogP contribution in [0.15, 0.2) is 24.3 Å². The standard InChI is InChI=1S/C23H32ClN3O/c1-25-23(28)21-11-20(13-27(21)12-14-2-4-19(24)5-3-14)26-22-17-7-15-6-16(9-17)10-18(22)8-15/h2-5,15-18,20-22,26H,6-13H2,1H3,(H,25,28)/t15?,16?,17?,18?,20-,21-,22?/m0/s1. The van der Waals surface area contributed by atoms with Crippen molar-refractivity contribution in [2.24, 2.45) is 23.7 Å². The van der Waals surface area contributed by atoms with E-state index in [-0.39, 0.29) is 11.9 Å². The Morgan fingerprint density at radius 3 is 2.29 bits per heavy atom. The summed E-state index contributed by atoms with van der Waals surface area (Å²) in [6.07, 6.45) is 8.15. The number of likely N-dealkylation sites (N-methyl/N-ethyl adjacent to an activating group) is 1. The van der Waals surface area contributed by atoms with Crippen molar-refractivity contribution >= 4 is 17.5 Å². The van der Waals surface area contributed by atoms with E-state index in [2.05, 4.69) is 27.7 Å². The van der Waals surface area contributed by atoms with Gasteiger partial charge in [-0.3, -0.25) is 9.69 Å². The van der Waals surface area contributed by atoms with E-state index >= 15 is 0 Å². The van der Waals surface area contributed by atoms with E-state index in [1.807, 2.05) is 12.1 Å². The molecule has 0 spiro atoms. The Bertz CT molecular complexity index is 693. The molecular formula is C23H32ClN3O. The Hall–Kier alpha value is -1.10. The van der Waals surface area contributed by atoms with Gasteiger partial charge in [0, 0.05) is 37.2 Å². The number of benzene rings is 1. The van der Waals surface area contributed by atoms with Gasteiger partial charge in [-0.25, -0.2) is 0 Å². The largest absolute Gasteiger partial charge is 0.358 e. The summed E-state index contributed by atoms with van der Waals surface area (Å²) in [7, 11) is 1.75. The molecule has 0 unspecified atom stereocenters. The number of hydrogen-bond donors (Lipinski definition) is 2. The van der Waals surface area contributed by atoms with Crippen molar-refractivity contribution in [3.63, 3.8) is 0 Å². The highest BCUT2D eigenvalue weighted by Gasteiger charge is 2.49. The zero-order valence-electron chi connectivity index (χ0n) is 16.7. The Labute approximate surface area is 173 Å². The third-order valence-electron chi connectivity index (χ3n) is 7.91. The van der Waals surface area contributed by atoms with E-state index < -0.39 is 0 Å². The smallest absolute Gasteiger partial charge is 0.237 e. The fourth-order valence-corrected chi connectivity index (χ4v) is 7.06. The number of nitrogens with one attached hydrogen (secondary N) is 2. The van der Waals surface area contributed by atoms with Crippen LogP contribution in [-0.4, -0.2) is 42.5 Å². The van der Waals surface area contributed by atoms with Gasteiger partial charge in [0.05, 0.1) is 6.04 Å². The number of halogens is 1. The quantitative estimate of drug-likeness (QED) is 0.794. The molecule has 1 aromatic rings. The average molecular weight is 402 g/mol. The Morgan fingerprint density at radius 2 is 1.68 bits per heavy atom. The van der Waals surface area contributed by atoms with Crippen LogP contribution in [-0.2, 0) is 11.3 Å². The summed E-state index contributed by atoms with van der Waals surface area (Å²) < 4.78 is 0. The molecule has 1 heterocycles. The second kappa shape index (κ2) is 7.62. The van der Waals surface area contributed by atoms with Crippen molar-refractivity contribution in [3.8, 4) is 0 Å². The molecule has 28 heavy (non-hydrogen) atoms. The van der Waals surface area contributed by atoms with Crippen LogP contribution in [0.5, 0.6) is 0 Å². The van der Waals surface area contributed by atoms with Crippen LogP contribution in [0, 0.1) is 23.7 Å². The third-order valence-corrected chi connectivity index (χ3v) is 8.16. The number of rotatable bonds is 5. The van der Waals surface area contributed by atoms with Gasteiger partial charge >= 0.3 is 0 Å². The first-order valence-corrected chi connectivity index (χ1v) is 11.4. The summed E-state index contributed by atoms with van der Waals surface area (Å²) in [6, 6.07) is 9.06. The fraction of sp³-hybridized carbons (Fsp3) is 0.696. The van der Waals surface area contributed by atoms with Crippen LogP contribution in [0.4, 0.5) is 0 Å². The maximum Gasteiger partial charge on any atom is 0.237 e. The molecule has 5 aliphatic rings. The molecule has 152 valence electrons. The fourth-order valence-electron chi connectivity index (χ4n) is 6.93. The maximum atomic E-state index is 12.5. The molecule has 4 bridgehead atoms. The number of likely N-dealkylation sites (tertiary alicyclic amines) is 1. The van der Waals surface area contributed by atoms with Crippen molar-refractivity contribution in [2.75, 3.05) is 13.6 Å². The summed E-state index contributed by atoms with van der Waals surface area (Å²) in [4.78, 5) is 14.9. The highest BCUT2D eigenvalue weighted by molar-refractivity contribution is 6.30. The molecule has 0 radical (unpaired) electrons. The van der Waals surface area contributed by atoms with Gasteiger partial charge in [-0.05, 0) is 79.9 Å². The van der Waals surface area contributed by atoms with E-state index in [0.717, 1.165) is 48.2 Å². The topological polar surface area (TPSA) is 44.4 Å². The molecule has 4 nitrogen and oxygen atoms in total. The molecule has 1 amide bonds. The van der Waals surface area contributed by atoms with Crippen LogP contribution in [0.25, 0.3) is 0 Å². The molecular weight excluding hydrogens is 370 g/mol. The lowest BCUT2D eigenvalue weighted by Gasteiger charge is -2.55. The first-order chi connectivity index (χ1) is 13.6. The minimum absolute atomic E-state index is 0.0463. The lowest BCUT2D eigenvalue weighted by Crippen LogP contribution is -2.57. The highest BCUT2D eigenvalue weighted by Crippen LogP contribution is 2.53. The summed E-state index contributed by atoms with van der Waals surface area (Å²) in [6.45, 7) is 1.75. The second-order valence-corrected chi connectivity index (χ2v) is 10.2. The molecule has 4 aliphatic carbocycles. The van der Waals surface area contributed by atoms with Gasteiger partial charge in [0.2, 0.25) is 5.91 Å². The van der Waals surface area contributed by atoms with Gasteiger partial charge in [-0.1, -0.05) is 23.7 Å². The van der Waals surface area contributed by atoms with Gasteiger partial charge in [0.1, 0.15) is 0 Å². The Morgan fingerprint density at radius 1 is 1.04 bits per heavy atom. The van der Waals surface area contributed by atoms with Gasteiger partial charge < -0.3 is 10.6 Å². The number of carbonyl (C=O) groups excluding carboxylic acids is 1. The monoisotopic (exact) mass is 401 g/mol. The van der Waals surface area contributed by atoms with E-state index in [0.29, 0.717) is 12.1 Å². The number of amides is 1. The third kappa shape index (κ3) is 3.59. The molecule has 2 atom stereocenters. The van der Waals surface area contributed by atoms with Crippen molar-refractivity contribution < 1.29 is 4.79 Å². The Balaban J connectivity index is 1.27. The molecule has 2 N–H and O–H groups in total. The van der Waals surface area contributed by atoms with Crippen LogP contribution in [0.2, 0.25) is 5.02 Å². The van der Waals surface area contributed by atoms with Crippen molar-refractivity contribution in [3.05, 3.63) is 34.9 Å². The van der Waals surface area contributed by atoms with E-state index in [1.165, 1.54) is 37.7 Å². The minimum Gasteiger partial charge on any atom is -0.358 e. The van der Waals surface area contributed by atoms with Gasteiger partial charge in [0.25, 0.3) is 0 Å². The Kier molecular flexibility index (Phi) is 5.14.